The van der Waals surface area contributed by atoms with Gasteiger partial charge in [0.05, 0.1) is 5.56 Å². The molecule has 3 heteroatoms. The van der Waals surface area contributed by atoms with Gasteiger partial charge in [-0.3, -0.25) is 0 Å². The van der Waals surface area contributed by atoms with Crippen molar-refractivity contribution in [3.8, 4) is 39.5 Å². The molecule has 0 spiro atoms. The van der Waals surface area contributed by atoms with Gasteiger partial charge < -0.3 is 15.3 Å². The van der Waals surface area contributed by atoms with Gasteiger partial charge in [-0.05, 0) is 46.2 Å². The van der Waals surface area contributed by atoms with E-state index in [4.69, 9.17) is 0 Å². The van der Waals surface area contributed by atoms with Crippen LogP contribution in [-0.2, 0) is 12.8 Å². The molecule has 24 heavy (non-hydrogen) atoms. The predicted octanol–water partition coefficient (Wildman–Crippen LogP) is 4.60. The van der Waals surface area contributed by atoms with Crippen molar-refractivity contribution in [3.63, 3.8) is 0 Å². The van der Waals surface area contributed by atoms with Gasteiger partial charge in [-0.1, -0.05) is 43.3 Å². The molecule has 0 radical (unpaired) electrons. The lowest BCUT2D eigenvalue weighted by Crippen LogP contribution is -1.96. The van der Waals surface area contributed by atoms with Gasteiger partial charge >= 0.3 is 0 Å². The third-order valence-corrected chi connectivity index (χ3v) is 4.79. The molecule has 0 aliphatic heterocycles. The fraction of sp³-hybridized carbons (Fsp3) is 0.143. The maximum atomic E-state index is 10.4. The first-order chi connectivity index (χ1) is 11.6. The average Bonchev–Trinajstić information content (AvgIpc) is 2.93. The second kappa shape index (κ2) is 5.31. The minimum atomic E-state index is -0.150. The maximum Gasteiger partial charge on any atom is 0.130 e. The van der Waals surface area contributed by atoms with Gasteiger partial charge in [0.2, 0.25) is 0 Å². The van der Waals surface area contributed by atoms with E-state index in [-0.39, 0.29) is 17.2 Å². The van der Waals surface area contributed by atoms with E-state index >= 15 is 0 Å². The maximum absolute atomic E-state index is 10.4. The van der Waals surface area contributed by atoms with Crippen LogP contribution in [-0.4, -0.2) is 15.3 Å². The quantitative estimate of drug-likeness (QED) is 0.506. The summed E-state index contributed by atoms with van der Waals surface area (Å²) in [5.74, 6) is -0.360. The molecule has 3 nitrogen and oxygen atoms in total. The molecule has 120 valence electrons. The van der Waals surface area contributed by atoms with Crippen LogP contribution in [0.1, 0.15) is 23.6 Å². The number of phenols is 3. The number of phenolic OH excluding ortho intramolecular Hbond substituents is 3. The lowest BCUT2D eigenvalue weighted by molar-refractivity contribution is 0.430. The summed E-state index contributed by atoms with van der Waals surface area (Å²) >= 11 is 0. The summed E-state index contributed by atoms with van der Waals surface area (Å²) in [6, 6.07) is 15.0. The summed E-state index contributed by atoms with van der Waals surface area (Å²) in [4.78, 5) is 0. The number of hydrogen-bond acceptors (Lipinski definition) is 3. The molecule has 3 aromatic carbocycles. The van der Waals surface area contributed by atoms with E-state index in [9.17, 15) is 15.3 Å². The fourth-order valence-corrected chi connectivity index (χ4v) is 3.72. The van der Waals surface area contributed by atoms with Crippen LogP contribution in [0.3, 0.4) is 0 Å². The van der Waals surface area contributed by atoms with Crippen molar-refractivity contribution in [2.45, 2.75) is 19.8 Å². The monoisotopic (exact) mass is 318 g/mol. The van der Waals surface area contributed by atoms with Gasteiger partial charge in [0, 0.05) is 12.1 Å². The number of aromatic hydroxyl groups is 3. The molecular weight excluding hydrogens is 300 g/mol. The second-order valence-corrected chi connectivity index (χ2v) is 6.17. The van der Waals surface area contributed by atoms with E-state index in [1.807, 2.05) is 12.1 Å². The Labute approximate surface area is 140 Å². The molecule has 0 saturated heterocycles. The van der Waals surface area contributed by atoms with Crippen molar-refractivity contribution < 1.29 is 15.3 Å². The zero-order chi connectivity index (χ0) is 16.8. The Hall–Kier alpha value is -2.94. The van der Waals surface area contributed by atoms with Gasteiger partial charge in [0.1, 0.15) is 17.2 Å². The number of fused-ring (bicyclic) bond motifs is 3. The van der Waals surface area contributed by atoms with Gasteiger partial charge in [0.15, 0.2) is 0 Å². The van der Waals surface area contributed by atoms with E-state index in [0.717, 1.165) is 35.1 Å². The van der Waals surface area contributed by atoms with Crippen LogP contribution < -0.4 is 0 Å². The highest BCUT2D eigenvalue weighted by atomic mass is 16.3. The van der Waals surface area contributed by atoms with Gasteiger partial charge in [-0.25, -0.2) is 0 Å². The normalized spacial score (nSPS) is 12.0. The van der Waals surface area contributed by atoms with Crippen molar-refractivity contribution >= 4 is 0 Å². The Bertz CT molecular complexity index is 934. The highest BCUT2D eigenvalue weighted by molar-refractivity contribution is 5.90. The number of hydrogen-bond donors (Lipinski definition) is 3. The smallest absolute Gasteiger partial charge is 0.130 e. The van der Waals surface area contributed by atoms with Gasteiger partial charge in [-0.15, -0.1) is 0 Å². The summed E-state index contributed by atoms with van der Waals surface area (Å²) in [6.07, 6.45) is 1.56. The fourth-order valence-electron chi connectivity index (χ4n) is 3.72. The molecule has 1 aliphatic carbocycles. The van der Waals surface area contributed by atoms with Gasteiger partial charge in [0.25, 0.3) is 0 Å². The Morgan fingerprint density at radius 2 is 1.54 bits per heavy atom. The predicted molar refractivity (Wildman–Crippen MR) is 94.5 cm³/mol. The van der Waals surface area contributed by atoms with Crippen LogP contribution in [0, 0.1) is 0 Å². The summed E-state index contributed by atoms with van der Waals surface area (Å²) in [7, 11) is 0. The molecule has 0 heterocycles. The van der Waals surface area contributed by atoms with Crippen LogP contribution in [0.2, 0.25) is 0 Å². The highest BCUT2D eigenvalue weighted by Gasteiger charge is 2.26. The molecule has 0 aromatic heterocycles. The molecule has 0 bridgehead atoms. The van der Waals surface area contributed by atoms with Crippen LogP contribution in [0.4, 0.5) is 0 Å². The van der Waals surface area contributed by atoms with Gasteiger partial charge in [-0.2, -0.15) is 0 Å². The number of benzene rings is 3. The van der Waals surface area contributed by atoms with E-state index in [2.05, 4.69) is 31.2 Å². The third-order valence-electron chi connectivity index (χ3n) is 4.79. The molecule has 0 unspecified atom stereocenters. The zero-order valence-corrected chi connectivity index (χ0v) is 13.4. The van der Waals surface area contributed by atoms with Crippen molar-refractivity contribution in [2.24, 2.45) is 0 Å². The number of rotatable bonds is 2. The Kier molecular flexibility index (Phi) is 3.24. The van der Waals surface area contributed by atoms with E-state index in [1.165, 1.54) is 23.3 Å². The topological polar surface area (TPSA) is 60.7 Å². The molecule has 1 aliphatic rings. The number of aryl methyl sites for hydroxylation is 1. The van der Waals surface area contributed by atoms with E-state index in [1.54, 1.807) is 0 Å². The van der Waals surface area contributed by atoms with Crippen molar-refractivity contribution in [3.05, 3.63) is 65.2 Å². The minimum absolute atomic E-state index is 0.105. The first-order valence-corrected chi connectivity index (χ1v) is 8.08. The lowest BCUT2D eigenvalue weighted by atomic mass is 9.89. The third kappa shape index (κ3) is 2.05. The lowest BCUT2D eigenvalue weighted by Gasteiger charge is -2.17. The van der Waals surface area contributed by atoms with Crippen LogP contribution in [0.15, 0.2) is 48.5 Å². The Balaban J connectivity index is 2.04. The van der Waals surface area contributed by atoms with E-state index in [0.29, 0.717) is 5.56 Å². The summed E-state index contributed by atoms with van der Waals surface area (Å²) in [5.41, 5.74) is 7.05. The van der Waals surface area contributed by atoms with E-state index < -0.39 is 0 Å². The molecular formula is C21H18O3. The first kappa shape index (κ1) is 14.6. The molecule has 4 rings (SSSR count). The molecule has 0 saturated carbocycles. The van der Waals surface area contributed by atoms with Crippen molar-refractivity contribution in [1.29, 1.82) is 0 Å². The first-order valence-electron chi connectivity index (χ1n) is 8.08. The van der Waals surface area contributed by atoms with Crippen LogP contribution in [0.5, 0.6) is 17.2 Å². The highest BCUT2D eigenvalue weighted by Crippen LogP contribution is 2.48. The SMILES string of the molecule is CCc1ccc2c(c1-c1c(O)cc(O)cc1O)Cc1ccccc1-2. The molecule has 0 fully saturated rings. The molecule has 0 atom stereocenters. The van der Waals surface area contributed by atoms with Crippen molar-refractivity contribution in [1.82, 2.24) is 0 Å². The largest absolute Gasteiger partial charge is 0.508 e. The molecule has 0 amide bonds. The molecule has 3 aromatic rings. The zero-order valence-electron chi connectivity index (χ0n) is 13.4. The standard InChI is InChI=1S/C21H18O3/c1-2-12-7-8-16-15-6-4-3-5-13(15)9-17(16)20(12)21-18(23)10-14(22)11-19(21)24/h3-8,10-11,22-24H,2,9H2,1H3. The minimum Gasteiger partial charge on any atom is -0.508 e. The van der Waals surface area contributed by atoms with Crippen LogP contribution in [0.25, 0.3) is 22.3 Å². The van der Waals surface area contributed by atoms with Crippen molar-refractivity contribution in [2.75, 3.05) is 0 Å². The summed E-state index contributed by atoms with van der Waals surface area (Å²) in [6.45, 7) is 2.06. The Morgan fingerprint density at radius 1 is 0.833 bits per heavy atom. The summed E-state index contributed by atoms with van der Waals surface area (Å²) < 4.78 is 0. The molecule has 3 N–H and O–H groups in total. The second-order valence-electron chi connectivity index (χ2n) is 6.17. The van der Waals surface area contributed by atoms with Crippen LogP contribution >= 0.6 is 0 Å². The average molecular weight is 318 g/mol. The summed E-state index contributed by atoms with van der Waals surface area (Å²) in [5, 5.41) is 30.4. The Morgan fingerprint density at radius 3 is 2.25 bits per heavy atom.